The summed E-state index contributed by atoms with van der Waals surface area (Å²) in [7, 11) is 3.17. The van der Waals surface area contributed by atoms with Gasteiger partial charge >= 0.3 is 6.03 Å². The van der Waals surface area contributed by atoms with Gasteiger partial charge in [0.1, 0.15) is 11.5 Å². The molecule has 1 aliphatic heterocycles. The molecule has 1 saturated heterocycles. The summed E-state index contributed by atoms with van der Waals surface area (Å²) in [5.41, 5.74) is 0.887. The average Bonchev–Trinajstić information content (AvgIpc) is 2.58. The summed E-state index contributed by atoms with van der Waals surface area (Å²) in [6, 6.07) is 5.22. The standard InChI is InChI=1S/C16H25N3O4/c1-22-13-5-11(6-14(7-13)23-2)8-18-16(21)19-9-12-3-4-17-10-15(12)20/h5-7,12,15,17,20H,3-4,8-10H2,1-2H3,(H2,18,19,21). The summed E-state index contributed by atoms with van der Waals surface area (Å²) in [6.07, 6.45) is 0.445. The molecule has 1 heterocycles. The first-order valence-corrected chi connectivity index (χ1v) is 7.74. The zero-order valence-corrected chi connectivity index (χ0v) is 13.6. The van der Waals surface area contributed by atoms with E-state index in [9.17, 15) is 9.90 Å². The number of hydrogen-bond donors (Lipinski definition) is 4. The zero-order valence-electron chi connectivity index (χ0n) is 13.6. The third kappa shape index (κ3) is 5.30. The number of aliphatic hydroxyl groups excluding tert-OH is 1. The summed E-state index contributed by atoms with van der Waals surface area (Å²) < 4.78 is 10.4. The number of nitrogens with one attached hydrogen (secondary N) is 3. The van der Waals surface area contributed by atoms with Crippen LogP contribution in [-0.2, 0) is 6.54 Å². The molecule has 0 aromatic heterocycles. The number of β-amino-alcohol motifs (C(OH)–C–C–N with tert-alkyl or cyclic N) is 1. The molecule has 2 atom stereocenters. The van der Waals surface area contributed by atoms with Crippen LogP contribution in [0.15, 0.2) is 18.2 Å². The molecule has 0 radical (unpaired) electrons. The van der Waals surface area contributed by atoms with Gasteiger partial charge in [0.05, 0.1) is 20.3 Å². The maximum atomic E-state index is 11.9. The molecule has 128 valence electrons. The van der Waals surface area contributed by atoms with Crippen LogP contribution in [0, 0.1) is 5.92 Å². The molecule has 1 aromatic rings. The van der Waals surface area contributed by atoms with Crippen LogP contribution in [0.5, 0.6) is 11.5 Å². The number of urea groups is 1. The number of rotatable bonds is 6. The Labute approximate surface area is 136 Å². The third-order valence-electron chi connectivity index (χ3n) is 3.98. The lowest BCUT2D eigenvalue weighted by Crippen LogP contribution is -2.47. The molecule has 4 N–H and O–H groups in total. The average molecular weight is 323 g/mol. The van der Waals surface area contributed by atoms with Crippen molar-refractivity contribution in [3.63, 3.8) is 0 Å². The van der Waals surface area contributed by atoms with E-state index < -0.39 is 6.10 Å². The smallest absolute Gasteiger partial charge is 0.315 e. The van der Waals surface area contributed by atoms with Crippen molar-refractivity contribution >= 4 is 6.03 Å². The lowest BCUT2D eigenvalue weighted by molar-refractivity contribution is 0.0827. The fraction of sp³-hybridized carbons (Fsp3) is 0.562. The molecular weight excluding hydrogens is 298 g/mol. The number of aliphatic hydroxyl groups is 1. The molecule has 23 heavy (non-hydrogen) atoms. The quantitative estimate of drug-likeness (QED) is 0.611. The van der Waals surface area contributed by atoms with Gasteiger partial charge in [-0.3, -0.25) is 0 Å². The van der Waals surface area contributed by atoms with E-state index in [-0.39, 0.29) is 11.9 Å². The number of hydrogen-bond acceptors (Lipinski definition) is 5. The van der Waals surface area contributed by atoms with Gasteiger partial charge in [0.2, 0.25) is 0 Å². The first-order valence-electron chi connectivity index (χ1n) is 7.74. The Hall–Kier alpha value is -1.99. The van der Waals surface area contributed by atoms with Gasteiger partial charge in [-0.1, -0.05) is 0 Å². The van der Waals surface area contributed by atoms with E-state index in [2.05, 4.69) is 16.0 Å². The molecule has 1 aliphatic rings. The zero-order chi connectivity index (χ0) is 16.7. The normalized spacial score (nSPS) is 20.7. The Morgan fingerprint density at radius 2 is 1.96 bits per heavy atom. The highest BCUT2D eigenvalue weighted by atomic mass is 16.5. The molecule has 2 amide bonds. The molecule has 2 rings (SSSR count). The van der Waals surface area contributed by atoms with Crippen molar-refractivity contribution in [1.29, 1.82) is 0 Å². The van der Waals surface area contributed by atoms with E-state index in [0.717, 1.165) is 18.5 Å². The SMILES string of the molecule is COc1cc(CNC(=O)NCC2CCNCC2O)cc(OC)c1. The van der Waals surface area contributed by atoms with E-state index >= 15 is 0 Å². The lowest BCUT2D eigenvalue weighted by Gasteiger charge is -2.28. The highest BCUT2D eigenvalue weighted by Crippen LogP contribution is 2.22. The van der Waals surface area contributed by atoms with Crippen LogP contribution in [0.25, 0.3) is 0 Å². The fourth-order valence-corrected chi connectivity index (χ4v) is 2.57. The Bertz CT molecular complexity index is 502. The summed E-state index contributed by atoms with van der Waals surface area (Å²) in [4.78, 5) is 11.9. The van der Waals surface area contributed by atoms with Gasteiger partial charge < -0.3 is 30.5 Å². The molecule has 0 spiro atoms. The minimum atomic E-state index is -0.410. The van der Waals surface area contributed by atoms with Crippen molar-refractivity contribution in [1.82, 2.24) is 16.0 Å². The fourth-order valence-electron chi connectivity index (χ4n) is 2.57. The van der Waals surface area contributed by atoms with Gasteiger partial charge in [0, 0.05) is 31.6 Å². The molecule has 1 aromatic carbocycles. The second-order valence-corrected chi connectivity index (χ2v) is 5.60. The highest BCUT2D eigenvalue weighted by Gasteiger charge is 2.22. The van der Waals surface area contributed by atoms with E-state index in [0.29, 0.717) is 31.1 Å². The van der Waals surface area contributed by atoms with Gasteiger partial charge in [-0.15, -0.1) is 0 Å². The van der Waals surface area contributed by atoms with Crippen LogP contribution in [0.3, 0.4) is 0 Å². The number of benzene rings is 1. The van der Waals surface area contributed by atoms with Crippen LogP contribution in [0.2, 0.25) is 0 Å². The summed E-state index contributed by atoms with van der Waals surface area (Å²) in [5, 5.41) is 18.6. The molecular formula is C16H25N3O4. The van der Waals surface area contributed by atoms with Crippen LogP contribution in [0.4, 0.5) is 4.79 Å². The van der Waals surface area contributed by atoms with Crippen molar-refractivity contribution < 1.29 is 19.4 Å². The van der Waals surface area contributed by atoms with Gasteiger partial charge in [0.25, 0.3) is 0 Å². The molecule has 1 fully saturated rings. The predicted molar refractivity (Wildman–Crippen MR) is 86.8 cm³/mol. The first-order chi connectivity index (χ1) is 11.1. The minimum absolute atomic E-state index is 0.0962. The Morgan fingerprint density at radius 3 is 2.57 bits per heavy atom. The maximum Gasteiger partial charge on any atom is 0.315 e. The van der Waals surface area contributed by atoms with Crippen molar-refractivity contribution in [2.45, 2.75) is 19.1 Å². The lowest BCUT2D eigenvalue weighted by atomic mass is 9.95. The predicted octanol–water partition coefficient (Wildman–Crippen LogP) is 0.473. The number of carbonyl (C=O) groups excluding carboxylic acids is 1. The Balaban J connectivity index is 1.79. The molecule has 0 bridgehead atoms. The summed E-state index contributed by atoms with van der Waals surface area (Å²) in [6.45, 7) is 2.29. The Kier molecular flexibility index (Phi) is 6.49. The molecule has 2 unspecified atom stereocenters. The van der Waals surface area contributed by atoms with E-state index in [1.807, 2.05) is 12.1 Å². The van der Waals surface area contributed by atoms with Crippen LogP contribution in [0.1, 0.15) is 12.0 Å². The second kappa shape index (κ2) is 8.59. The first kappa shape index (κ1) is 17.4. The molecule has 0 saturated carbocycles. The monoisotopic (exact) mass is 323 g/mol. The van der Waals surface area contributed by atoms with Gasteiger partial charge in [-0.05, 0) is 30.7 Å². The number of amides is 2. The van der Waals surface area contributed by atoms with Gasteiger partial charge in [-0.25, -0.2) is 4.79 Å². The van der Waals surface area contributed by atoms with Crippen LogP contribution >= 0.6 is 0 Å². The number of methoxy groups -OCH3 is 2. The third-order valence-corrected chi connectivity index (χ3v) is 3.98. The summed E-state index contributed by atoms with van der Waals surface area (Å²) in [5.74, 6) is 1.46. The van der Waals surface area contributed by atoms with Gasteiger partial charge in [0.15, 0.2) is 0 Å². The highest BCUT2D eigenvalue weighted by molar-refractivity contribution is 5.73. The topological polar surface area (TPSA) is 91.9 Å². The van der Waals surface area contributed by atoms with E-state index in [4.69, 9.17) is 9.47 Å². The molecule has 7 nitrogen and oxygen atoms in total. The van der Waals surface area contributed by atoms with Crippen molar-refractivity contribution in [2.75, 3.05) is 33.9 Å². The number of ether oxygens (including phenoxy) is 2. The molecule has 0 aliphatic carbocycles. The number of piperidine rings is 1. The van der Waals surface area contributed by atoms with Gasteiger partial charge in [-0.2, -0.15) is 0 Å². The second-order valence-electron chi connectivity index (χ2n) is 5.60. The van der Waals surface area contributed by atoms with Crippen molar-refractivity contribution in [3.05, 3.63) is 23.8 Å². The Morgan fingerprint density at radius 1 is 1.26 bits per heavy atom. The minimum Gasteiger partial charge on any atom is -0.497 e. The van der Waals surface area contributed by atoms with E-state index in [1.165, 1.54) is 0 Å². The summed E-state index contributed by atoms with van der Waals surface area (Å²) >= 11 is 0. The maximum absolute atomic E-state index is 11.9. The van der Waals surface area contributed by atoms with Crippen LogP contribution < -0.4 is 25.4 Å². The van der Waals surface area contributed by atoms with E-state index in [1.54, 1.807) is 20.3 Å². The van der Waals surface area contributed by atoms with Crippen molar-refractivity contribution in [3.8, 4) is 11.5 Å². The number of carbonyl (C=O) groups is 1. The largest absolute Gasteiger partial charge is 0.497 e. The van der Waals surface area contributed by atoms with Crippen LogP contribution in [-0.4, -0.2) is 51.1 Å². The van der Waals surface area contributed by atoms with Crippen molar-refractivity contribution in [2.24, 2.45) is 5.92 Å². The molecule has 7 heteroatoms.